The molecular formula is C16H23N3O3. The van der Waals surface area contributed by atoms with E-state index in [0.29, 0.717) is 30.0 Å². The van der Waals surface area contributed by atoms with Crippen LogP contribution in [0.25, 0.3) is 0 Å². The van der Waals surface area contributed by atoms with E-state index in [0.717, 1.165) is 26.2 Å². The molecule has 0 spiro atoms. The van der Waals surface area contributed by atoms with Crippen molar-refractivity contribution < 1.29 is 14.3 Å². The summed E-state index contributed by atoms with van der Waals surface area (Å²) in [7, 11) is 1.55. The first kappa shape index (κ1) is 16.3. The topological polar surface area (TPSA) is 75.9 Å². The predicted octanol–water partition coefficient (Wildman–Crippen LogP) is 1.01. The number of benzene rings is 1. The smallest absolute Gasteiger partial charge is 0.219 e. The number of rotatable bonds is 5. The molecule has 1 amide bonds. The fourth-order valence-electron chi connectivity index (χ4n) is 2.60. The number of nitrogens with two attached hydrogens (primary N) is 1. The predicted molar refractivity (Wildman–Crippen MR) is 85.0 cm³/mol. The maximum Gasteiger partial charge on any atom is 0.219 e. The molecule has 0 aliphatic carbocycles. The lowest BCUT2D eigenvalue weighted by atomic mass is 10.1. The van der Waals surface area contributed by atoms with Gasteiger partial charge >= 0.3 is 0 Å². The summed E-state index contributed by atoms with van der Waals surface area (Å²) in [5.74, 6) is 0.768. The summed E-state index contributed by atoms with van der Waals surface area (Å²) in [5.41, 5.74) is 6.91. The number of nitrogen functional groups attached to an aromatic ring is 1. The molecule has 1 saturated heterocycles. The minimum absolute atomic E-state index is 0.0725. The lowest BCUT2D eigenvalue weighted by Gasteiger charge is -2.34. The van der Waals surface area contributed by atoms with Gasteiger partial charge in [-0.05, 0) is 18.2 Å². The van der Waals surface area contributed by atoms with Crippen LogP contribution in [0.3, 0.4) is 0 Å². The first-order chi connectivity index (χ1) is 10.5. The van der Waals surface area contributed by atoms with Crippen LogP contribution in [0.2, 0.25) is 0 Å². The molecule has 1 aromatic carbocycles. The number of carbonyl (C=O) groups is 2. The van der Waals surface area contributed by atoms with E-state index in [4.69, 9.17) is 10.5 Å². The average Bonchev–Trinajstić information content (AvgIpc) is 2.52. The van der Waals surface area contributed by atoms with Crippen molar-refractivity contribution in [2.24, 2.45) is 0 Å². The Morgan fingerprint density at radius 3 is 2.45 bits per heavy atom. The molecule has 1 aliphatic heterocycles. The second kappa shape index (κ2) is 7.26. The minimum Gasteiger partial charge on any atom is -0.495 e. The van der Waals surface area contributed by atoms with E-state index in [2.05, 4.69) is 4.90 Å². The van der Waals surface area contributed by atoms with E-state index in [1.165, 1.54) is 0 Å². The second-order valence-electron chi connectivity index (χ2n) is 5.48. The number of Topliss-reactive ketones (excluding diaryl/α,β-unsaturated/α-hetero) is 1. The van der Waals surface area contributed by atoms with E-state index < -0.39 is 0 Å². The third kappa shape index (κ3) is 3.98. The lowest BCUT2D eigenvalue weighted by molar-refractivity contribution is -0.130. The molecule has 6 nitrogen and oxygen atoms in total. The van der Waals surface area contributed by atoms with Gasteiger partial charge in [-0.25, -0.2) is 0 Å². The highest BCUT2D eigenvalue weighted by molar-refractivity contribution is 5.97. The van der Waals surface area contributed by atoms with Gasteiger partial charge in [-0.2, -0.15) is 0 Å². The summed E-state index contributed by atoms with van der Waals surface area (Å²) in [6.45, 7) is 5.40. The summed E-state index contributed by atoms with van der Waals surface area (Å²) in [6, 6.07) is 5.12. The monoisotopic (exact) mass is 305 g/mol. The zero-order valence-corrected chi connectivity index (χ0v) is 13.2. The van der Waals surface area contributed by atoms with Crippen molar-refractivity contribution in [1.29, 1.82) is 0 Å². The van der Waals surface area contributed by atoms with Crippen molar-refractivity contribution in [3.8, 4) is 5.75 Å². The van der Waals surface area contributed by atoms with E-state index in [1.54, 1.807) is 32.2 Å². The molecule has 0 atom stereocenters. The maximum atomic E-state index is 12.2. The van der Waals surface area contributed by atoms with Gasteiger partial charge in [0.15, 0.2) is 5.78 Å². The van der Waals surface area contributed by atoms with Crippen LogP contribution in [-0.2, 0) is 4.79 Å². The van der Waals surface area contributed by atoms with Gasteiger partial charge in [0, 0.05) is 51.6 Å². The van der Waals surface area contributed by atoms with E-state index in [1.807, 2.05) is 4.90 Å². The SMILES string of the molecule is COc1ccc(C(=O)CCN2CCN(C(C)=O)CC2)cc1N. The van der Waals surface area contributed by atoms with Crippen molar-refractivity contribution in [3.63, 3.8) is 0 Å². The molecule has 1 aromatic rings. The lowest BCUT2D eigenvalue weighted by Crippen LogP contribution is -2.48. The van der Waals surface area contributed by atoms with E-state index in [9.17, 15) is 9.59 Å². The second-order valence-corrected chi connectivity index (χ2v) is 5.48. The summed E-state index contributed by atoms with van der Waals surface area (Å²) in [6.07, 6.45) is 0.450. The number of ether oxygens (including phenoxy) is 1. The molecule has 0 saturated carbocycles. The number of carbonyl (C=O) groups excluding carboxylic acids is 2. The number of piperazine rings is 1. The Kier molecular flexibility index (Phi) is 5.38. The Labute approximate surface area is 130 Å². The van der Waals surface area contributed by atoms with Crippen molar-refractivity contribution in [2.75, 3.05) is 45.6 Å². The highest BCUT2D eigenvalue weighted by Crippen LogP contribution is 2.22. The zero-order valence-electron chi connectivity index (χ0n) is 13.2. The van der Waals surface area contributed by atoms with Gasteiger partial charge in [-0.3, -0.25) is 14.5 Å². The van der Waals surface area contributed by atoms with Crippen molar-refractivity contribution in [1.82, 2.24) is 9.80 Å². The number of hydrogen-bond donors (Lipinski definition) is 1. The van der Waals surface area contributed by atoms with Gasteiger partial charge < -0.3 is 15.4 Å². The summed E-state index contributed by atoms with van der Waals surface area (Å²) in [4.78, 5) is 27.5. The van der Waals surface area contributed by atoms with Gasteiger partial charge in [0.05, 0.1) is 12.8 Å². The molecule has 1 aliphatic rings. The molecule has 0 unspecified atom stereocenters. The van der Waals surface area contributed by atoms with Crippen LogP contribution in [0.1, 0.15) is 23.7 Å². The Hall–Kier alpha value is -2.08. The number of amides is 1. The van der Waals surface area contributed by atoms with Crippen molar-refractivity contribution >= 4 is 17.4 Å². The van der Waals surface area contributed by atoms with Gasteiger partial charge in [0.1, 0.15) is 5.75 Å². The van der Waals surface area contributed by atoms with Crippen LogP contribution in [0.5, 0.6) is 5.75 Å². The molecule has 6 heteroatoms. The highest BCUT2D eigenvalue weighted by Gasteiger charge is 2.19. The standard InChI is InChI=1S/C16H23N3O3/c1-12(20)19-9-7-18(8-10-19)6-5-15(21)13-3-4-16(22-2)14(17)11-13/h3-4,11H,5-10,17H2,1-2H3. The average molecular weight is 305 g/mol. The zero-order chi connectivity index (χ0) is 16.1. The molecule has 1 fully saturated rings. The Morgan fingerprint density at radius 2 is 1.91 bits per heavy atom. The highest BCUT2D eigenvalue weighted by atomic mass is 16.5. The van der Waals surface area contributed by atoms with Gasteiger partial charge in [-0.15, -0.1) is 0 Å². The quantitative estimate of drug-likeness (QED) is 0.649. The largest absolute Gasteiger partial charge is 0.495 e. The van der Waals surface area contributed by atoms with E-state index in [-0.39, 0.29) is 11.7 Å². The Morgan fingerprint density at radius 1 is 1.23 bits per heavy atom. The molecule has 22 heavy (non-hydrogen) atoms. The van der Waals surface area contributed by atoms with Crippen LogP contribution in [0.15, 0.2) is 18.2 Å². The normalized spacial score (nSPS) is 15.6. The van der Waals surface area contributed by atoms with Crippen LogP contribution in [0.4, 0.5) is 5.69 Å². The van der Waals surface area contributed by atoms with Gasteiger partial charge in [-0.1, -0.05) is 0 Å². The Balaban J connectivity index is 1.83. The molecular weight excluding hydrogens is 282 g/mol. The van der Waals surface area contributed by atoms with Crippen LogP contribution in [0, 0.1) is 0 Å². The molecule has 0 bridgehead atoms. The van der Waals surface area contributed by atoms with Crippen molar-refractivity contribution in [3.05, 3.63) is 23.8 Å². The Bertz CT molecular complexity index is 552. The van der Waals surface area contributed by atoms with Gasteiger partial charge in [0.2, 0.25) is 5.91 Å². The van der Waals surface area contributed by atoms with Gasteiger partial charge in [0.25, 0.3) is 0 Å². The molecule has 2 N–H and O–H groups in total. The third-order valence-electron chi connectivity index (χ3n) is 4.02. The van der Waals surface area contributed by atoms with Crippen LogP contribution in [-0.4, -0.2) is 61.3 Å². The number of hydrogen-bond acceptors (Lipinski definition) is 5. The first-order valence-electron chi connectivity index (χ1n) is 7.46. The number of ketones is 1. The maximum absolute atomic E-state index is 12.2. The van der Waals surface area contributed by atoms with Crippen molar-refractivity contribution in [2.45, 2.75) is 13.3 Å². The first-order valence-corrected chi connectivity index (χ1v) is 7.46. The number of methoxy groups -OCH3 is 1. The van der Waals surface area contributed by atoms with E-state index >= 15 is 0 Å². The fraction of sp³-hybridized carbons (Fsp3) is 0.500. The number of nitrogens with zero attached hydrogens (tertiary/aromatic N) is 2. The molecule has 1 heterocycles. The van der Waals surface area contributed by atoms with Crippen LogP contribution < -0.4 is 10.5 Å². The molecule has 120 valence electrons. The summed E-state index contributed by atoms with van der Waals surface area (Å²) >= 11 is 0. The molecule has 2 rings (SSSR count). The third-order valence-corrected chi connectivity index (χ3v) is 4.02. The number of anilines is 1. The molecule has 0 radical (unpaired) electrons. The molecule has 0 aromatic heterocycles. The summed E-state index contributed by atoms with van der Waals surface area (Å²) < 4.78 is 5.09. The summed E-state index contributed by atoms with van der Waals surface area (Å²) in [5, 5.41) is 0. The van der Waals surface area contributed by atoms with Crippen LogP contribution >= 0.6 is 0 Å². The fourth-order valence-corrected chi connectivity index (χ4v) is 2.60. The minimum atomic E-state index is 0.0725.